The van der Waals surface area contributed by atoms with E-state index in [4.69, 9.17) is 4.74 Å². The van der Waals surface area contributed by atoms with E-state index >= 15 is 0 Å². The Bertz CT molecular complexity index is 752. The smallest absolute Gasteiger partial charge is 0.309 e. The molecule has 2 atom stereocenters. The summed E-state index contributed by atoms with van der Waals surface area (Å²) in [4.78, 5) is 25.8. The number of hydrogen-bond donors (Lipinski definition) is 1. The molecule has 0 bridgehead atoms. The lowest BCUT2D eigenvalue weighted by atomic mass is 9.93. The van der Waals surface area contributed by atoms with Gasteiger partial charge in [-0.25, -0.2) is 0 Å². The van der Waals surface area contributed by atoms with E-state index in [2.05, 4.69) is 0 Å². The fourth-order valence-electron chi connectivity index (χ4n) is 3.15. The molecule has 1 fully saturated rings. The highest BCUT2D eigenvalue weighted by atomic mass is 16.5. The number of methoxy groups -OCH3 is 1. The Morgan fingerprint density at radius 1 is 1.12 bits per heavy atom. The number of amides is 1. The molecule has 0 saturated carbocycles. The average molecular weight is 325 g/mol. The summed E-state index contributed by atoms with van der Waals surface area (Å²) in [6.45, 7) is 1.97. The Morgan fingerprint density at radius 2 is 1.75 bits per heavy atom. The molecule has 2 aromatic carbocycles. The topological polar surface area (TPSA) is 66.8 Å². The summed E-state index contributed by atoms with van der Waals surface area (Å²) in [5, 5.41) is 9.57. The molecule has 3 rings (SSSR count). The maximum atomic E-state index is 12.5. The molecule has 1 saturated heterocycles. The molecule has 5 nitrogen and oxygen atoms in total. The van der Waals surface area contributed by atoms with E-state index in [1.54, 1.807) is 36.3 Å². The van der Waals surface area contributed by atoms with Crippen LogP contribution >= 0.6 is 0 Å². The van der Waals surface area contributed by atoms with E-state index in [1.807, 2.05) is 31.2 Å². The van der Waals surface area contributed by atoms with Crippen LogP contribution in [0, 0.1) is 12.8 Å². The lowest BCUT2D eigenvalue weighted by Gasteiger charge is -2.27. The summed E-state index contributed by atoms with van der Waals surface area (Å²) >= 11 is 0. The molecule has 124 valence electrons. The van der Waals surface area contributed by atoms with E-state index in [-0.39, 0.29) is 12.3 Å². The first-order valence-electron chi connectivity index (χ1n) is 7.76. The van der Waals surface area contributed by atoms with Crippen LogP contribution < -0.4 is 9.64 Å². The predicted molar refractivity (Wildman–Crippen MR) is 90.1 cm³/mol. The van der Waals surface area contributed by atoms with Crippen molar-refractivity contribution in [3.63, 3.8) is 0 Å². The molecular formula is C19H19NO4. The predicted octanol–water partition coefficient (Wildman–Crippen LogP) is 3.18. The fraction of sp³-hybridized carbons (Fsp3) is 0.263. The van der Waals surface area contributed by atoms with Gasteiger partial charge in [0, 0.05) is 12.1 Å². The Kier molecular flexibility index (Phi) is 4.25. The third-order valence-electron chi connectivity index (χ3n) is 4.41. The van der Waals surface area contributed by atoms with Crippen molar-refractivity contribution in [3.05, 3.63) is 59.7 Å². The number of carboxylic acids is 1. The van der Waals surface area contributed by atoms with Crippen LogP contribution in [0.25, 0.3) is 0 Å². The van der Waals surface area contributed by atoms with Crippen LogP contribution in [0.1, 0.15) is 23.6 Å². The van der Waals surface area contributed by atoms with Gasteiger partial charge < -0.3 is 14.7 Å². The van der Waals surface area contributed by atoms with Crippen molar-refractivity contribution >= 4 is 17.6 Å². The Hall–Kier alpha value is -2.82. The van der Waals surface area contributed by atoms with E-state index in [0.717, 1.165) is 11.1 Å². The monoisotopic (exact) mass is 325 g/mol. The molecule has 1 aliphatic heterocycles. The van der Waals surface area contributed by atoms with Gasteiger partial charge in [0.2, 0.25) is 5.91 Å². The lowest BCUT2D eigenvalue weighted by Crippen LogP contribution is -2.30. The number of aliphatic carboxylic acids is 1. The van der Waals surface area contributed by atoms with E-state index in [0.29, 0.717) is 11.4 Å². The zero-order valence-electron chi connectivity index (χ0n) is 13.6. The number of ether oxygens (including phenoxy) is 1. The average Bonchev–Trinajstić information content (AvgIpc) is 2.93. The normalized spacial score (nSPS) is 20.2. The second-order valence-electron chi connectivity index (χ2n) is 5.97. The highest BCUT2D eigenvalue weighted by molar-refractivity contribution is 6.00. The molecule has 1 N–H and O–H groups in total. The number of carbonyl (C=O) groups excluding carboxylic acids is 1. The lowest BCUT2D eigenvalue weighted by molar-refractivity contribution is -0.142. The Balaban J connectivity index is 2.04. The molecule has 1 aliphatic rings. The van der Waals surface area contributed by atoms with Crippen LogP contribution in [0.4, 0.5) is 5.69 Å². The number of aryl methyl sites for hydroxylation is 1. The molecule has 0 unspecified atom stereocenters. The molecular weight excluding hydrogens is 306 g/mol. The molecule has 0 spiro atoms. The molecule has 24 heavy (non-hydrogen) atoms. The third-order valence-corrected chi connectivity index (χ3v) is 4.41. The van der Waals surface area contributed by atoms with Crippen LogP contribution in [0.2, 0.25) is 0 Å². The summed E-state index contributed by atoms with van der Waals surface area (Å²) < 4.78 is 5.15. The standard InChI is InChI=1S/C19H19NO4/c1-12-3-5-13(6-4-12)18-16(19(22)23)11-17(21)20(18)14-7-9-15(24-2)10-8-14/h3-10,16,18H,11H2,1-2H3,(H,22,23)/t16-,18+/m0/s1. The van der Waals surface area contributed by atoms with Crippen molar-refractivity contribution in [1.29, 1.82) is 0 Å². The van der Waals surface area contributed by atoms with Crippen molar-refractivity contribution in [3.8, 4) is 5.75 Å². The molecule has 2 aromatic rings. The number of carbonyl (C=O) groups is 2. The van der Waals surface area contributed by atoms with Crippen molar-refractivity contribution in [2.45, 2.75) is 19.4 Å². The summed E-state index contributed by atoms with van der Waals surface area (Å²) in [7, 11) is 1.57. The van der Waals surface area contributed by atoms with E-state index in [1.165, 1.54) is 0 Å². The van der Waals surface area contributed by atoms with Crippen LogP contribution in [-0.2, 0) is 9.59 Å². The summed E-state index contributed by atoms with van der Waals surface area (Å²) in [6.07, 6.45) is -0.0000936. The van der Waals surface area contributed by atoms with Crippen molar-refractivity contribution in [1.82, 2.24) is 0 Å². The van der Waals surface area contributed by atoms with Crippen molar-refractivity contribution < 1.29 is 19.4 Å². The Labute approximate surface area is 140 Å². The first-order chi connectivity index (χ1) is 11.5. The van der Waals surface area contributed by atoms with Gasteiger partial charge in [-0.1, -0.05) is 29.8 Å². The summed E-state index contributed by atoms with van der Waals surface area (Å²) in [5.74, 6) is -1.21. The van der Waals surface area contributed by atoms with Gasteiger partial charge in [-0.2, -0.15) is 0 Å². The SMILES string of the molecule is COc1ccc(N2C(=O)C[C@H](C(=O)O)[C@H]2c2ccc(C)cc2)cc1. The first-order valence-corrected chi connectivity index (χ1v) is 7.76. The maximum absolute atomic E-state index is 12.5. The van der Waals surface area contributed by atoms with Gasteiger partial charge in [-0.3, -0.25) is 9.59 Å². The van der Waals surface area contributed by atoms with E-state index < -0.39 is 17.9 Å². The highest BCUT2D eigenvalue weighted by Gasteiger charge is 2.45. The number of rotatable bonds is 4. The minimum atomic E-state index is -0.954. The maximum Gasteiger partial charge on any atom is 0.309 e. The fourth-order valence-corrected chi connectivity index (χ4v) is 3.15. The van der Waals surface area contributed by atoms with E-state index in [9.17, 15) is 14.7 Å². The Morgan fingerprint density at radius 3 is 2.29 bits per heavy atom. The number of hydrogen-bond acceptors (Lipinski definition) is 3. The van der Waals surface area contributed by atoms with Gasteiger partial charge in [0.15, 0.2) is 0 Å². The molecule has 5 heteroatoms. The number of nitrogens with zero attached hydrogens (tertiary/aromatic N) is 1. The second kappa shape index (κ2) is 6.35. The minimum Gasteiger partial charge on any atom is -0.497 e. The molecule has 0 aromatic heterocycles. The van der Waals surface area contributed by atoms with Crippen LogP contribution in [-0.4, -0.2) is 24.1 Å². The molecule has 1 heterocycles. The molecule has 1 amide bonds. The van der Waals surface area contributed by atoms with Gasteiger partial charge in [0.25, 0.3) is 0 Å². The molecule has 0 radical (unpaired) electrons. The minimum absolute atomic E-state index is 0.0000936. The van der Waals surface area contributed by atoms with Gasteiger partial charge in [-0.05, 0) is 36.8 Å². The zero-order chi connectivity index (χ0) is 17.3. The first kappa shape index (κ1) is 16.1. The summed E-state index contributed by atoms with van der Waals surface area (Å²) in [6, 6.07) is 14.2. The quantitative estimate of drug-likeness (QED) is 0.937. The number of anilines is 1. The third kappa shape index (κ3) is 2.85. The largest absolute Gasteiger partial charge is 0.497 e. The van der Waals surface area contributed by atoms with Crippen molar-refractivity contribution in [2.75, 3.05) is 12.0 Å². The van der Waals surface area contributed by atoms with Crippen LogP contribution in [0.15, 0.2) is 48.5 Å². The second-order valence-corrected chi connectivity index (χ2v) is 5.97. The summed E-state index contributed by atoms with van der Waals surface area (Å²) in [5.41, 5.74) is 2.59. The van der Waals surface area contributed by atoms with Gasteiger partial charge in [0.1, 0.15) is 5.75 Å². The molecule has 0 aliphatic carbocycles. The van der Waals surface area contributed by atoms with Crippen LogP contribution in [0.5, 0.6) is 5.75 Å². The van der Waals surface area contributed by atoms with Gasteiger partial charge in [0.05, 0.1) is 19.1 Å². The van der Waals surface area contributed by atoms with Crippen LogP contribution in [0.3, 0.4) is 0 Å². The van der Waals surface area contributed by atoms with Crippen molar-refractivity contribution in [2.24, 2.45) is 5.92 Å². The number of carboxylic acid groups (broad SMARTS) is 1. The highest BCUT2D eigenvalue weighted by Crippen LogP contribution is 2.41. The van der Waals surface area contributed by atoms with Gasteiger partial charge >= 0.3 is 5.97 Å². The zero-order valence-corrected chi connectivity index (χ0v) is 13.6. The van der Waals surface area contributed by atoms with Gasteiger partial charge in [-0.15, -0.1) is 0 Å². The number of benzene rings is 2.